The van der Waals surface area contributed by atoms with Gasteiger partial charge in [-0.3, -0.25) is 14.4 Å². The fraction of sp³-hybridized carbons (Fsp3) is 0.911. The van der Waals surface area contributed by atoms with E-state index in [1.54, 1.807) is 0 Å². The second-order valence-corrected chi connectivity index (χ2v) is 14.4. The molecule has 63 heavy (non-hydrogen) atoms. The number of esters is 2. The quantitative estimate of drug-likeness (QED) is 0.0474. The van der Waals surface area contributed by atoms with E-state index in [-0.39, 0.29) is 38.6 Å². The molecular formula is C45H84O18. The third-order valence-electron chi connectivity index (χ3n) is 8.98. The molecule has 1 N–H and O–H groups in total. The molecule has 0 unspecified atom stereocenters. The Morgan fingerprint density at radius 1 is 0.286 bits per heavy atom. The molecule has 372 valence electrons. The summed E-state index contributed by atoms with van der Waals surface area (Å²) in [5, 5.41) is 8.46. The van der Waals surface area contributed by atoms with Crippen LogP contribution in [0, 0.1) is 0 Å². The Hall–Kier alpha value is -2.36. The van der Waals surface area contributed by atoms with Gasteiger partial charge in [0, 0.05) is 12.8 Å². The fourth-order valence-corrected chi connectivity index (χ4v) is 5.48. The summed E-state index contributed by atoms with van der Waals surface area (Å²) in [4.78, 5) is 44.6. The van der Waals surface area contributed by atoms with Crippen LogP contribution in [0.2, 0.25) is 0 Å². The molecule has 0 spiro atoms. The van der Waals surface area contributed by atoms with Gasteiger partial charge >= 0.3 is 17.9 Å². The lowest BCUT2D eigenvalue weighted by Crippen LogP contribution is -2.17. The van der Waals surface area contributed by atoms with Crippen LogP contribution in [0.5, 0.6) is 0 Å². The van der Waals surface area contributed by atoms with Crippen LogP contribution in [-0.2, 0) is 80.8 Å². The predicted molar refractivity (Wildman–Crippen MR) is 233 cm³/mol. The number of carboxylic acid groups (broad SMARTS) is 1. The highest BCUT2D eigenvalue weighted by atomic mass is 16.6. The lowest BCUT2D eigenvalue weighted by molar-refractivity contribution is -0.151. The van der Waals surface area contributed by atoms with Crippen molar-refractivity contribution < 1.29 is 85.9 Å². The minimum atomic E-state index is -1.57. The first-order chi connectivity index (χ1) is 31.0. The van der Waals surface area contributed by atoms with Crippen LogP contribution in [0.1, 0.15) is 110 Å². The highest BCUT2D eigenvalue weighted by molar-refractivity contribution is 6.32. The van der Waals surface area contributed by atoms with Crippen molar-refractivity contribution in [3.8, 4) is 0 Å². The second-order valence-electron chi connectivity index (χ2n) is 14.4. The molecule has 0 aliphatic rings. The van der Waals surface area contributed by atoms with Crippen LogP contribution in [-0.4, -0.2) is 187 Å². The smallest absolute Gasteiger partial charge is 0.372 e. The molecule has 0 atom stereocenters. The zero-order valence-corrected chi connectivity index (χ0v) is 38.7. The van der Waals surface area contributed by atoms with Crippen LogP contribution >= 0.6 is 0 Å². The van der Waals surface area contributed by atoms with Crippen molar-refractivity contribution in [1.29, 1.82) is 0 Å². The number of hydrogen-bond acceptors (Lipinski definition) is 17. The van der Waals surface area contributed by atoms with E-state index in [0.717, 1.165) is 12.8 Å². The van der Waals surface area contributed by atoms with Gasteiger partial charge in [0.2, 0.25) is 5.78 Å². The maximum atomic E-state index is 11.9. The Morgan fingerprint density at radius 3 is 0.762 bits per heavy atom. The number of carbonyl (C=O) groups excluding carboxylic acids is 3. The number of Topliss-reactive ketones (excluding diaryl/α,β-unsaturated/α-hetero) is 1. The molecule has 0 fully saturated rings. The molecule has 0 saturated heterocycles. The van der Waals surface area contributed by atoms with Crippen molar-refractivity contribution in [2.45, 2.75) is 110 Å². The summed E-state index contributed by atoms with van der Waals surface area (Å²) in [6.45, 7) is 11.9. The number of hydrogen-bond donors (Lipinski definition) is 1. The average Bonchev–Trinajstić information content (AvgIpc) is 3.28. The Bertz CT molecular complexity index is 1000. The fourth-order valence-electron chi connectivity index (χ4n) is 5.48. The van der Waals surface area contributed by atoms with E-state index in [9.17, 15) is 19.2 Å². The van der Waals surface area contributed by atoms with Gasteiger partial charge in [-0.05, 0) is 6.42 Å². The number of ketones is 1. The topological polar surface area (TPSA) is 208 Å². The summed E-state index contributed by atoms with van der Waals surface area (Å²) in [6, 6.07) is 0. The van der Waals surface area contributed by atoms with E-state index in [1.165, 1.54) is 70.6 Å². The number of carbonyl (C=O) groups is 4. The van der Waals surface area contributed by atoms with Gasteiger partial charge in [0.25, 0.3) is 0 Å². The number of carboxylic acids is 1. The summed E-state index contributed by atoms with van der Waals surface area (Å²) in [6.07, 6.45) is 16.5. The maximum Gasteiger partial charge on any atom is 0.372 e. The predicted octanol–water partition coefficient (Wildman–Crippen LogP) is 5.17. The van der Waals surface area contributed by atoms with Gasteiger partial charge in [0.05, 0.1) is 152 Å². The molecule has 0 heterocycles. The van der Waals surface area contributed by atoms with E-state index in [4.69, 9.17) is 66.7 Å². The van der Waals surface area contributed by atoms with Crippen molar-refractivity contribution in [2.24, 2.45) is 0 Å². The summed E-state index contributed by atoms with van der Waals surface area (Å²) >= 11 is 0. The van der Waals surface area contributed by atoms with E-state index in [0.29, 0.717) is 145 Å². The number of unbranched alkanes of at least 4 members (excludes halogenated alkanes) is 12. The van der Waals surface area contributed by atoms with Crippen LogP contribution in [0.3, 0.4) is 0 Å². The van der Waals surface area contributed by atoms with Crippen molar-refractivity contribution in [1.82, 2.24) is 0 Å². The highest BCUT2D eigenvalue weighted by Crippen LogP contribution is 2.13. The molecule has 0 rings (SSSR count). The third kappa shape index (κ3) is 52.2. The lowest BCUT2D eigenvalue weighted by Gasteiger charge is -2.09. The maximum absolute atomic E-state index is 11.9. The molecule has 18 nitrogen and oxygen atoms in total. The first-order valence-electron chi connectivity index (χ1n) is 23.4. The van der Waals surface area contributed by atoms with Gasteiger partial charge in [0.1, 0.15) is 13.2 Å². The highest BCUT2D eigenvalue weighted by Gasteiger charge is 2.14. The monoisotopic (exact) mass is 913 g/mol. The molecule has 18 heteroatoms. The zero-order chi connectivity index (χ0) is 45.8. The zero-order valence-electron chi connectivity index (χ0n) is 38.7. The van der Waals surface area contributed by atoms with E-state index >= 15 is 0 Å². The van der Waals surface area contributed by atoms with Crippen LogP contribution in [0.25, 0.3) is 0 Å². The molecule has 0 aromatic rings. The lowest BCUT2D eigenvalue weighted by atomic mass is 10.0. The molecule has 0 saturated carbocycles. The largest absolute Gasteiger partial charge is 0.476 e. The molecular weight excluding hydrogens is 828 g/mol. The van der Waals surface area contributed by atoms with Gasteiger partial charge in [-0.2, -0.15) is 0 Å². The molecule has 0 aromatic heterocycles. The second kappa shape index (κ2) is 52.3. The van der Waals surface area contributed by atoms with Crippen molar-refractivity contribution >= 4 is 23.7 Å². The van der Waals surface area contributed by atoms with Gasteiger partial charge in [0.15, 0.2) is 0 Å². The molecule has 0 aliphatic heterocycles. The number of ether oxygens (including phenoxy) is 13. The summed E-state index contributed by atoms with van der Waals surface area (Å²) in [5.41, 5.74) is 0. The van der Waals surface area contributed by atoms with E-state index in [2.05, 4.69) is 6.92 Å². The molecule has 0 radical (unpaired) electrons. The van der Waals surface area contributed by atoms with Gasteiger partial charge in [-0.1, -0.05) is 84.0 Å². The normalized spacial score (nSPS) is 11.3. The molecule has 0 amide bonds. The Kier molecular flexibility index (Phi) is 50.3. The van der Waals surface area contributed by atoms with E-state index < -0.39 is 17.7 Å². The minimum absolute atomic E-state index is 0.00932. The summed E-state index contributed by atoms with van der Waals surface area (Å²) in [7, 11) is 0. The molecule has 0 aromatic carbocycles. The van der Waals surface area contributed by atoms with Gasteiger partial charge in [-0.15, -0.1) is 0 Å². The standard InChI is InChI=1S/C45H84O18/c1-2-3-4-5-6-7-8-9-10-11-12-13-14-15-43(47)62-40-38-60-36-34-58-32-30-56-28-26-54-24-22-52-20-18-51-19-21-53-23-25-55-27-29-57-31-33-59-35-37-61-39-41-63-44(48)17-16-42(46)45(49)50/h2-41H2,1H3,(H,49,50). The summed E-state index contributed by atoms with van der Waals surface area (Å²) in [5.74, 6) is -3.39. The molecule has 0 bridgehead atoms. The van der Waals surface area contributed by atoms with E-state index in [1.807, 2.05) is 0 Å². The Balaban J connectivity index is 3.16. The average molecular weight is 913 g/mol. The third-order valence-corrected chi connectivity index (χ3v) is 8.98. The van der Waals surface area contributed by atoms with Crippen molar-refractivity contribution in [2.75, 3.05) is 159 Å². The molecule has 0 aliphatic carbocycles. The first kappa shape index (κ1) is 60.6. The number of aliphatic carboxylic acids is 1. The van der Waals surface area contributed by atoms with Gasteiger partial charge in [-0.25, -0.2) is 4.79 Å². The van der Waals surface area contributed by atoms with Crippen LogP contribution in [0.15, 0.2) is 0 Å². The van der Waals surface area contributed by atoms with Gasteiger partial charge < -0.3 is 66.7 Å². The number of rotatable bonds is 54. The Morgan fingerprint density at radius 2 is 0.508 bits per heavy atom. The minimum Gasteiger partial charge on any atom is -0.476 e. The van der Waals surface area contributed by atoms with Crippen LogP contribution < -0.4 is 0 Å². The van der Waals surface area contributed by atoms with Crippen molar-refractivity contribution in [3.63, 3.8) is 0 Å². The Labute approximate surface area is 377 Å². The van der Waals surface area contributed by atoms with Crippen molar-refractivity contribution in [3.05, 3.63) is 0 Å². The SMILES string of the molecule is CCCCCCCCCCCCCCCC(=O)OCCOCCOCCOCCOCCOCCOCCOCCOCCOCCOCCOCCOC(=O)CCC(=O)C(=O)O. The first-order valence-corrected chi connectivity index (χ1v) is 23.4. The van der Waals surface area contributed by atoms with Crippen LogP contribution in [0.4, 0.5) is 0 Å². The summed E-state index contributed by atoms with van der Waals surface area (Å²) < 4.78 is 70.0.